The molecule has 0 atom stereocenters. The monoisotopic (exact) mass is 295 g/mol. The number of nitro benzene ring substituents is 1. The lowest BCUT2D eigenvalue weighted by Crippen LogP contribution is -2.00. The van der Waals surface area contributed by atoms with Gasteiger partial charge in [0.2, 0.25) is 0 Å². The summed E-state index contributed by atoms with van der Waals surface area (Å²) in [6.07, 6.45) is 3.71. The lowest BCUT2D eigenvalue weighted by atomic mass is 10.2. The number of hydrogen-bond donors (Lipinski definition) is 2. The summed E-state index contributed by atoms with van der Waals surface area (Å²) in [6.45, 7) is 0.614. The van der Waals surface area contributed by atoms with E-state index in [0.717, 1.165) is 10.0 Å². The molecule has 1 aromatic carbocycles. The molecule has 0 spiro atoms. The first-order valence-corrected chi connectivity index (χ1v) is 5.75. The second-order valence-corrected chi connectivity index (χ2v) is 4.35. The van der Waals surface area contributed by atoms with Crippen LogP contribution in [0.5, 0.6) is 0 Å². The molecule has 17 heavy (non-hydrogen) atoms. The minimum absolute atomic E-state index is 0.0739. The average molecular weight is 296 g/mol. The smallest absolute Gasteiger partial charge is 0.271 e. The third kappa shape index (κ3) is 2.85. The van der Waals surface area contributed by atoms with Crippen molar-refractivity contribution in [3.63, 3.8) is 0 Å². The van der Waals surface area contributed by atoms with Gasteiger partial charge in [0.1, 0.15) is 0 Å². The summed E-state index contributed by atoms with van der Waals surface area (Å²) < 4.78 is 0.804. The zero-order valence-corrected chi connectivity index (χ0v) is 10.4. The summed E-state index contributed by atoms with van der Waals surface area (Å²) in [4.78, 5) is 13.2. The second kappa shape index (κ2) is 5.01. The summed E-state index contributed by atoms with van der Waals surface area (Å²) in [6, 6.07) is 6.58. The number of halogens is 1. The van der Waals surface area contributed by atoms with E-state index in [2.05, 4.69) is 26.2 Å². The molecule has 0 unspecified atom stereocenters. The van der Waals surface area contributed by atoms with E-state index in [4.69, 9.17) is 0 Å². The summed E-state index contributed by atoms with van der Waals surface area (Å²) in [7, 11) is 0. The second-order valence-electron chi connectivity index (χ2n) is 3.49. The standard InChI is InChI=1S/C11H10BrN3O2/c12-10-2-1-9(15(16)17)5-11(10)14-7-8-3-4-13-6-8/h1-6,13-14H,7H2. The number of nitrogens with one attached hydrogen (secondary N) is 2. The highest BCUT2D eigenvalue weighted by molar-refractivity contribution is 9.10. The molecule has 88 valence electrons. The lowest BCUT2D eigenvalue weighted by Gasteiger charge is -2.07. The van der Waals surface area contributed by atoms with Crippen molar-refractivity contribution in [3.05, 3.63) is 56.8 Å². The van der Waals surface area contributed by atoms with Gasteiger partial charge in [0.15, 0.2) is 0 Å². The van der Waals surface area contributed by atoms with Crippen molar-refractivity contribution in [2.24, 2.45) is 0 Å². The number of nitrogens with zero attached hydrogens (tertiary/aromatic N) is 1. The van der Waals surface area contributed by atoms with Gasteiger partial charge in [-0.1, -0.05) is 0 Å². The number of nitro groups is 1. The molecular weight excluding hydrogens is 286 g/mol. The summed E-state index contributed by atoms with van der Waals surface area (Å²) in [5.74, 6) is 0. The van der Waals surface area contributed by atoms with E-state index < -0.39 is 4.92 Å². The third-order valence-corrected chi connectivity index (χ3v) is 3.00. The lowest BCUT2D eigenvalue weighted by molar-refractivity contribution is -0.384. The van der Waals surface area contributed by atoms with Gasteiger partial charge in [-0.05, 0) is 33.6 Å². The number of benzene rings is 1. The van der Waals surface area contributed by atoms with Gasteiger partial charge in [0, 0.05) is 35.5 Å². The molecule has 1 heterocycles. The summed E-state index contributed by atoms with van der Waals surface area (Å²) in [5.41, 5.74) is 1.87. The Kier molecular flexibility index (Phi) is 3.43. The van der Waals surface area contributed by atoms with Crippen LogP contribution in [0.4, 0.5) is 11.4 Å². The summed E-state index contributed by atoms with van der Waals surface area (Å²) in [5, 5.41) is 13.8. The first-order valence-electron chi connectivity index (χ1n) is 4.96. The highest BCUT2D eigenvalue weighted by Crippen LogP contribution is 2.27. The molecular formula is C11H10BrN3O2. The van der Waals surface area contributed by atoms with Gasteiger partial charge in [-0.25, -0.2) is 0 Å². The van der Waals surface area contributed by atoms with Gasteiger partial charge in [-0.2, -0.15) is 0 Å². The van der Waals surface area contributed by atoms with Crippen LogP contribution < -0.4 is 5.32 Å². The predicted octanol–water partition coefficient (Wildman–Crippen LogP) is 3.30. The number of rotatable bonds is 4. The largest absolute Gasteiger partial charge is 0.380 e. The average Bonchev–Trinajstić information content (AvgIpc) is 2.80. The van der Waals surface area contributed by atoms with Crippen molar-refractivity contribution in [2.45, 2.75) is 6.54 Å². The van der Waals surface area contributed by atoms with Crippen LogP contribution in [0, 0.1) is 10.1 Å². The highest BCUT2D eigenvalue weighted by atomic mass is 79.9. The first-order chi connectivity index (χ1) is 8.16. The van der Waals surface area contributed by atoms with Gasteiger partial charge in [-0.15, -0.1) is 0 Å². The molecule has 0 fully saturated rings. The fraction of sp³-hybridized carbons (Fsp3) is 0.0909. The van der Waals surface area contributed by atoms with Crippen molar-refractivity contribution in [3.8, 4) is 0 Å². The Bertz CT molecular complexity index is 526. The van der Waals surface area contributed by atoms with Crippen molar-refractivity contribution in [2.75, 3.05) is 5.32 Å². The van der Waals surface area contributed by atoms with Crippen LogP contribution >= 0.6 is 15.9 Å². The highest BCUT2D eigenvalue weighted by Gasteiger charge is 2.09. The van der Waals surface area contributed by atoms with E-state index in [-0.39, 0.29) is 5.69 Å². The minimum atomic E-state index is -0.409. The molecule has 0 aliphatic heterocycles. The zero-order chi connectivity index (χ0) is 12.3. The maximum absolute atomic E-state index is 10.7. The zero-order valence-electron chi connectivity index (χ0n) is 8.81. The normalized spacial score (nSPS) is 10.2. The molecule has 6 heteroatoms. The number of anilines is 1. The molecule has 0 radical (unpaired) electrons. The molecule has 1 aromatic heterocycles. The van der Waals surface area contributed by atoms with E-state index in [9.17, 15) is 10.1 Å². The van der Waals surface area contributed by atoms with Gasteiger partial charge >= 0.3 is 0 Å². The van der Waals surface area contributed by atoms with E-state index in [1.807, 2.05) is 18.5 Å². The maximum Gasteiger partial charge on any atom is 0.271 e. The Labute approximate surface area is 106 Å². The Morgan fingerprint density at radius 3 is 2.88 bits per heavy atom. The Morgan fingerprint density at radius 2 is 2.24 bits per heavy atom. The first kappa shape index (κ1) is 11.7. The Balaban J connectivity index is 2.14. The van der Waals surface area contributed by atoms with E-state index in [0.29, 0.717) is 12.2 Å². The number of aromatic amines is 1. The maximum atomic E-state index is 10.7. The molecule has 0 aliphatic carbocycles. The van der Waals surface area contributed by atoms with Crippen LogP contribution in [-0.4, -0.2) is 9.91 Å². The molecule has 2 N–H and O–H groups in total. The molecule has 0 bridgehead atoms. The van der Waals surface area contributed by atoms with Crippen molar-refractivity contribution < 1.29 is 4.92 Å². The van der Waals surface area contributed by atoms with E-state index in [1.54, 1.807) is 6.07 Å². The topological polar surface area (TPSA) is 71.0 Å². The third-order valence-electron chi connectivity index (χ3n) is 2.31. The molecule has 0 saturated carbocycles. The molecule has 5 nitrogen and oxygen atoms in total. The molecule has 2 aromatic rings. The van der Waals surface area contributed by atoms with Crippen molar-refractivity contribution in [1.82, 2.24) is 4.98 Å². The molecule has 0 amide bonds. The molecule has 2 rings (SSSR count). The SMILES string of the molecule is O=[N+]([O-])c1ccc(Br)c(NCc2cc[nH]c2)c1. The number of hydrogen-bond acceptors (Lipinski definition) is 3. The van der Waals surface area contributed by atoms with Gasteiger partial charge in [-0.3, -0.25) is 10.1 Å². The Morgan fingerprint density at radius 1 is 1.41 bits per heavy atom. The van der Waals surface area contributed by atoms with E-state index in [1.165, 1.54) is 12.1 Å². The minimum Gasteiger partial charge on any atom is -0.380 e. The van der Waals surface area contributed by atoms with Gasteiger partial charge in [0.25, 0.3) is 5.69 Å². The number of H-pyrrole nitrogens is 1. The fourth-order valence-electron chi connectivity index (χ4n) is 1.43. The molecule has 0 aliphatic rings. The van der Waals surface area contributed by atoms with Gasteiger partial charge in [0.05, 0.1) is 10.6 Å². The number of non-ortho nitro benzene ring substituents is 1. The van der Waals surface area contributed by atoms with Crippen LogP contribution in [0.1, 0.15) is 5.56 Å². The van der Waals surface area contributed by atoms with Crippen LogP contribution in [-0.2, 0) is 6.54 Å². The predicted molar refractivity (Wildman–Crippen MR) is 68.9 cm³/mol. The van der Waals surface area contributed by atoms with Crippen LogP contribution in [0.3, 0.4) is 0 Å². The van der Waals surface area contributed by atoms with Crippen molar-refractivity contribution >= 4 is 27.3 Å². The van der Waals surface area contributed by atoms with Gasteiger partial charge < -0.3 is 10.3 Å². The molecule has 0 saturated heterocycles. The quantitative estimate of drug-likeness (QED) is 0.671. The van der Waals surface area contributed by atoms with Crippen LogP contribution in [0.15, 0.2) is 41.1 Å². The number of aromatic nitrogens is 1. The fourth-order valence-corrected chi connectivity index (χ4v) is 1.81. The van der Waals surface area contributed by atoms with Crippen LogP contribution in [0.2, 0.25) is 0 Å². The van der Waals surface area contributed by atoms with E-state index >= 15 is 0 Å². The van der Waals surface area contributed by atoms with Crippen LogP contribution in [0.25, 0.3) is 0 Å². The summed E-state index contributed by atoms with van der Waals surface area (Å²) >= 11 is 3.35. The Hall–Kier alpha value is -1.82. The van der Waals surface area contributed by atoms with Crippen molar-refractivity contribution in [1.29, 1.82) is 0 Å².